The summed E-state index contributed by atoms with van der Waals surface area (Å²) in [7, 11) is 1.65. The molecular formula is C11H22N2O2. The second-order valence-corrected chi connectivity index (χ2v) is 4.35. The first kappa shape index (κ1) is 12.5. The molecule has 1 fully saturated rings. The van der Waals surface area contributed by atoms with Crippen LogP contribution in [0.3, 0.4) is 0 Å². The van der Waals surface area contributed by atoms with Crippen LogP contribution in [-0.2, 0) is 9.53 Å². The summed E-state index contributed by atoms with van der Waals surface area (Å²) in [6, 6.07) is 0.400. The van der Waals surface area contributed by atoms with Gasteiger partial charge in [-0.2, -0.15) is 0 Å². The Bertz CT molecular complexity index is 197. The average Bonchev–Trinajstić information content (AvgIpc) is 2.59. The van der Waals surface area contributed by atoms with Crippen molar-refractivity contribution >= 4 is 5.91 Å². The van der Waals surface area contributed by atoms with Gasteiger partial charge in [0.2, 0.25) is 5.91 Å². The number of hydrogen-bond donors (Lipinski definition) is 2. The summed E-state index contributed by atoms with van der Waals surface area (Å²) in [6.07, 6.45) is 3.50. The van der Waals surface area contributed by atoms with Crippen molar-refractivity contribution in [2.45, 2.75) is 32.2 Å². The fourth-order valence-electron chi connectivity index (χ4n) is 1.99. The highest BCUT2D eigenvalue weighted by Crippen LogP contribution is 2.24. The van der Waals surface area contributed by atoms with E-state index in [0.717, 1.165) is 25.3 Å². The molecule has 1 aliphatic carbocycles. The van der Waals surface area contributed by atoms with Crippen LogP contribution in [0.5, 0.6) is 0 Å². The third kappa shape index (κ3) is 5.14. The van der Waals surface area contributed by atoms with Gasteiger partial charge in [-0.25, -0.2) is 0 Å². The molecule has 0 aromatic carbocycles. The van der Waals surface area contributed by atoms with E-state index in [2.05, 4.69) is 17.6 Å². The zero-order valence-corrected chi connectivity index (χ0v) is 9.71. The summed E-state index contributed by atoms with van der Waals surface area (Å²) in [5.74, 6) is 0.863. The Balaban J connectivity index is 2.03. The molecule has 4 nitrogen and oxygen atoms in total. The fourth-order valence-corrected chi connectivity index (χ4v) is 1.99. The summed E-state index contributed by atoms with van der Waals surface area (Å²) >= 11 is 0. The van der Waals surface area contributed by atoms with Crippen LogP contribution >= 0.6 is 0 Å². The average molecular weight is 214 g/mol. The molecule has 0 aromatic heterocycles. The highest BCUT2D eigenvalue weighted by atomic mass is 16.5. The molecule has 0 heterocycles. The van der Waals surface area contributed by atoms with Gasteiger partial charge < -0.3 is 15.4 Å². The summed E-state index contributed by atoms with van der Waals surface area (Å²) in [4.78, 5) is 11.5. The monoisotopic (exact) mass is 214 g/mol. The van der Waals surface area contributed by atoms with E-state index < -0.39 is 0 Å². The van der Waals surface area contributed by atoms with Gasteiger partial charge in [0.1, 0.15) is 0 Å². The van der Waals surface area contributed by atoms with Crippen molar-refractivity contribution in [2.75, 3.05) is 26.8 Å². The number of carbonyl (C=O) groups excluding carboxylic acids is 1. The molecule has 0 aliphatic heterocycles. The third-order valence-electron chi connectivity index (χ3n) is 2.83. The van der Waals surface area contributed by atoms with Crippen molar-refractivity contribution < 1.29 is 9.53 Å². The molecule has 1 aliphatic rings. The molecule has 15 heavy (non-hydrogen) atoms. The molecule has 0 bridgehead atoms. The molecule has 1 amide bonds. The maximum Gasteiger partial charge on any atom is 0.234 e. The number of rotatable bonds is 6. The van der Waals surface area contributed by atoms with Crippen LogP contribution in [-0.4, -0.2) is 38.8 Å². The lowest BCUT2D eigenvalue weighted by molar-refractivity contribution is -0.120. The zero-order valence-electron chi connectivity index (χ0n) is 9.71. The Morgan fingerprint density at radius 2 is 2.27 bits per heavy atom. The molecule has 0 saturated heterocycles. The number of ether oxygens (including phenoxy) is 1. The standard InChI is InChI=1S/C11H22N2O2/c1-9-3-4-10(7-9)13-11(14)8-12-5-6-15-2/h9-10,12H,3-8H2,1-2H3,(H,13,14). The van der Waals surface area contributed by atoms with E-state index in [-0.39, 0.29) is 5.91 Å². The molecule has 2 atom stereocenters. The Kier molecular flexibility index (Phi) is 5.65. The van der Waals surface area contributed by atoms with Crippen molar-refractivity contribution in [1.29, 1.82) is 0 Å². The molecular weight excluding hydrogens is 192 g/mol. The molecule has 2 unspecified atom stereocenters. The van der Waals surface area contributed by atoms with Crippen molar-refractivity contribution in [3.8, 4) is 0 Å². The third-order valence-corrected chi connectivity index (χ3v) is 2.83. The van der Waals surface area contributed by atoms with Crippen molar-refractivity contribution in [1.82, 2.24) is 10.6 Å². The zero-order chi connectivity index (χ0) is 11.1. The fraction of sp³-hybridized carbons (Fsp3) is 0.909. The van der Waals surface area contributed by atoms with Gasteiger partial charge in [-0.15, -0.1) is 0 Å². The van der Waals surface area contributed by atoms with E-state index in [9.17, 15) is 4.79 Å². The molecule has 1 rings (SSSR count). The lowest BCUT2D eigenvalue weighted by Gasteiger charge is -2.12. The molecule has 2 N–H and O–H groups in total. The highest BCUT2D eigenvalue weighted by Gasteiger charge is 2.22. The second-order valence-electron chi connectivity index (χ2n) is 4.35. The van der Waals surface area contributed by atoms with Crippen LogP contribution in [0.15, 0.2) is 0 Å². The first-order chi connectivity index (χ1) is 7.22. The van der Waals surface area contributed by atoms with Gasteiger partial charge in [0, 0.05) is 19.7 Å². The molecule has 0 radical (unpaired) electrons. The van der Waals surface area contributed by atoms with Crippen molar-refractivity contribution in [3.05, 3.63) is 0 Å². The van der Waals surface area contributed by atoms with E-state index in [4.69, 9.17) is 4.74 Å². The van der Waals surface area contributed by atoms with Gasteiger partial charge in [0.25, 0.3) is 0 Å². The molecule has 4 heteroatoms. The summed E-state index contributed by atoms with van der Waals surface area (Å²) in [6.45, 7) is 4.01. The minimum absolute atomic E-state index is 0.102. The predicted molar refractivity (Wildman–Crippen MR) is 59.7 cm³/mol. The maximum absolute atomic E-state index is 11.5. The van der Waals surface area contributed by atoms with E-state index in [1.54, 1.807) is 7.11 Å². The number of hydrogen-bond acceptors (Lipinski definition) is 3. The minimum Gasteiger partial charge on any atom is -0.383 e. The number of methoxy groups -OCH3 is 1. The van der Waals surface area contributed by atoms with Crippen LogP contribution < -0.4 is 10.6 Å². The van der Waals surface area contributed by atoms with Crippen LogP contribution in [0.2, 0.25) is 0 Å². The van der Waals surface area contributed by atoms with Gasteiger partial charge in [-0.05, 0) is 25.2 Å². The molecule has 0 spiro atoms. The van der Waals surface area contributed by atoms with Crippen molar-refractivity contribution in [2.24, 2.45) is 5.92 Å². The Morgan fingerprint density at radius 3 is 2.87 bits per heavy atom. The van der Waals surface area contributed by atoms with Crippen LogP contribution in [0.4, 0.5) is 0 Å². The summed E-state index contributed by atoms with van der Waals surface area (Å²) < 4.78 is 4.88. The predicted octanol–water partition coefficient (Wildman–Crippen LogP) is 0.527. The van der Waals surface area contributed by atoms with Gasteiger partial charge >= 0.3 is 0 Å². The van der Waals surface area contributed by atoms with E-state index >= 15 is 0 Å². The molecule has 88 valence electrons. The first-order valence-electron chi connectivity index (χ1n) is 5.71. The molecule has 1 saturated carbocycles. The maximum atomic E-state index is 11.5. The smallest absolute Gasteiger partial charge is 0.234 e. The van der Waals surface area contributed by atoms with Gasteiger partial charge in [-0.3, -0.25) is 4.79 Å². The SMILES string of the molecule is COCCNCC(=O)NC1CCC(C)C1. The second kappa shape index (κ2) is 6.80. The molecule has 0 aromatic rings. The van der Waals surface area contributed by atoms with Crippen LogP contribution in [0.1, 0.15) is 26.2 Å². The largest absolute Gasteiger partial charge is 0.383 e. The van der Waals surface area contributed by atoms with Gasteiger partial charge in [0.15, 0.2) is 0 Å². The lowest BCUT2D eigenvalue weighted by atomic mass is 10.1. The van der Waals surface area contributed by atoms with E-state index in [1.807, 2.05) is 0 Å². The number of carbonyl (C=O) groups is 1. The van der Waals surface area contributed by atoms with Gasteiger partial charge in [-0.1, -0.05) is 6.92 Å². The van der Waals surface area contributed by atoms with Crippen LogP contribution in [0.25, 0.3) is 0 Å². The number of nitrogens with one attached hydrogen (secondary N) is 2. The topological polar surface area (TPSA) is 50.4 Å². The minimum atomic E-state index is 0.102. The van der Waals surface area contributed by atoms with E-state index in [1.165, 1.54) is 6.42 Å². The summed E-state index contributed by atoms with van der Waals surface area (Å²) in [5, 5.41) is 6.08. The first-order valence-corrected chi connectivity index (χ1v) is 5.71. The van der Waals surface area contributed by atoms with Crippen molar-refractivity contribution in [3.63, 3.8) is 0 Å². The van der Waals surface area contributed by atoms with Crippen LogP contribution in [0, 0.1) is 5.92 Å². The highest BCUT2D eigenvalue weighted by molar-refractivity contribution is 5.78. The quantitative estimate of drug-likeness (QED) is 0.634. The van der Waals surface area contributed by atoms with Gasteiger partial charge in [0.05, 0.1) is 13.2 Å². The summed E-state index contributed by atoms with van der Waals surface area (Å²) in [5.41, 5.74) is 0. The normalized spacial score (nSPS) is 25.5. The Labute approximate surface area is 91.8 Å². The Morgan fingerprint density at radius 1 is 1.47 bits per heavy atom. The van der Waals surface area contributed by atoms with E-state index in [0.29, 0.717) is 19.2 Å². The lowest BCUT2D eigenvalue weighted by Crippen LogP contribution is -2.40. The Hall–Kier alpha value is -0.610. The number of amides is 1.